The molecule has 0 radical (unpaired) electrons. The largest absolute Gasteiger partial charge is 0.374 e. The second kappa shape index (κ2) is 4.84. The molecule has 2 fully saturated rings. The van der Waals surface area contributed by atoms with Gasteiger partial charge in [-0.05, 0) is 14.1 Å². The predicted octanol–water partition coefficient (Wildman–Crippen LogP) is 0.364. The minimum absolute atomic E-state index is 0.446. The monoisotopic (exact) mass is 216 g/mol. The van der Waals surface area contributed by atoms with Crippen molar-refractivity contribution in [3.8, 4) is 0 Å². The summed E-state index contributed by atoms with van der Waals surface area (Å²) in [6, 6.07) is 0. The molecule has 0 aliphatic carbocycles. The fraction of sp³-hybridized carbons (Fsp3) is 1.00. The van der Waals surface area contributed by atoms with Gasteiger partial charge in [0.05, 0.1) is 12.7 Å². The first-order valence-electron chi connectivity index (χ1n) is 5.36. The smallest absolute Gasteiger partial charge is 0.0833 e. The third-order valence-corrected chi connectivity index (χ3v) is 4.31. The lowest BCUT2D eigenvalue weighted by Crippen LogP contribution is -2.50. The first-order chi connectivity index (χ1) is 6.75. The summed E-state index contributed by atoms with van der Waals surface area (Å²) in [5.41, 5.74) is 0. The van der Waals surface area contributed by atoms with Crippen LogP contribution in [0.15, 0.2) is 0 Å². The van der Waals surface area contributed by atoms with Gasteiger partial charge in [-0.1, -0.05) is 0 Å². The van der Waals surface area contributed by atoms with E-state index >= 15 is 0 Å². The lowest BCUT2D eigenvalue weighted by Gasteiger charge is -2.38. The third-order valence-electron chi connectivity index (χ3n) is 3.01. The van der Waals surface area contributed by atoms with E-state index in [0.717, 1.165) is 19.7 Å². The highest BCUT2D eigenvalue weighted by molar-refractivity contribution is 8.00. The molecule has 2 atom stereocenters. The normalized spacial score (nSPS) is 37.3. The van der Waals surface area contributed by atoms with Crippen LogP contribution in [0.1, 0.15) is 0 Å². The SMILES string of the molecule is CN1CCOC(C2CN(C)CCS2)C1. The van der Waals surface area contributed by atoms with Crippen LogP contribution in [0.4, 0.5) is 0 Å². The van der Waals surface area contributed by atoms with E-state index in [2.05, 4.69) is 35.7 Å². The number of hydrogen-bond donors (Lipinski definition) is 0. The Kier molecular flexibility index (Phi) is 3.71. The summed E-state index contributed by atoms with van der Waals surface area (Å²) in [6.07, 6.45) is 0.446. The second-order valence-electron chi connectivity index (χ2n) is 4.34. The Balaban J connectivity index is 1.86. The number of morpholine rings is 1. The van der Waals surface area contributed by atoms with Gasteiger partial charge in [-0.2, -0.15) is 11.8 Å². The highest BCUT2D eigenvalue weighted by Crippen LogP contribution is 2.24. The topological polar surface area (TPSA) is 15.7 Å². The van der Waals surface area contributed by atoms with Gasteiger partial charge >= 0.3 is 0 Å². The van der Waals surface area contributed by atoms with E-state index in [1.807, 2.05) is 0 Å². The number of likely N-dealkylation sites (N-methyl/N-ethyl adjacent to an activating group) is 1. The average molecular weight is 216 g/mol. The molecule has 82 valence electrons. The van der Waals surface area contributed by atoms with Gasteiger partial charge in [0.2, 0.25) is 0 Å². The van der Waals surface area contributed by atoms with Crippen LogP contribution in [0.25, 0.3) is 0 Å². The van der Waals surface area contributed by atoms with E-state index in [0.29, 0.717) is 11.4 Å². The van der Waals surface area contributed by atoms with E-state index in [1.54, 1.807) is 0 Å². The van der Waals surface area contributed by atoms with Crippen molar-refractivity contribution in [2.45, 2.75) is 11.4 Å². The molecule has 14 heavy (non-hydrogen) atoms. The zero-order valence-corrected chi connectivity index (χ0v) is 9.92. The molecule has 2 heterocycles. The summed E-state index contributed by atoms with van der Waals surface area (Å²) >= 11 is 2.08. The number of hydrogen-bond acceptors (Lipinski definition) is 4. The lowest BCUT2D eigenvalue weighted by atomic mass is 10.2. The molecule has 0 aromatic heterocycles. The molecule has 0 amide bonds. The molecule has 0 bridgehead atoms. The van der Waals surface area contributed by atoms with Crippen LogP contribution in [0.2, 0.25) is 0 Å². The Morgan fingerprint density at radius 3 is 2.64 bits per heavy atom. The van der Waals surface area contributed by atoms with Gasteiger partial charge in [0, 0.05) is 37.2 Å². The van der Waals surface area contributed by atoms with E-state index in [1.165, 1.54) is 18.8 Å². The minimum atomic E-state index is 0.446. The molecule has 0 aromatic carbocycles. The maximum Gasteiger partial charge on any atom is 0.0833 e. The standard InChI is InChI=1S/C10H20N2OS/c1-11-3-5-13-9(7-11)10-8-12(2)4-6-14-10/h9-10H,3-8H2,1-2H3. The number of rotatable bonds is 1. The average Bonchev–Trinajstić information content (AvgIpc) is 2.18. The second-order valence-corrected chi connectivity index (χ2v) is 5.69. The maximum absolute atomic E-state index is 5.85. The Bertz CT molecular complexity index is 171. The minimum Gasteiger partial charge on any atom is -0.374 e. The fourth-order valence-electron chi connectivity index (χ4n) is 2.07. The summed E-state index contributed by atoms with van der Waals surface area (Å²) in [5.74, 6) is 1.25. The van der Waals surface area contributed by atoms with Gasteiger partial charge in [0.25, 0.3) is 0 Å². The van der Waals surface area contributed by atoms with Crippen LogP contribution in [0.5, 0.6) is 0 Å². The molecule has 2 unspecified atom stereocenters. The predicted molar refractivity (Wildman–Crippen MR) is 61.0 cm³/mol. The number of ether oxygens (including phenoxy) is 1. The van der Waals surface area contributed by atoms with E-state index < -0.39 is 0 Å². The summed E-state index contributed by atoms with van der Waals surface area (Å²) in [6.45, 7) is 5.50. The molecule has 0 N–H and O–H groups in total. The van der Waals surface area contributed by atoms with Gasteiger partial charge in [-0.25, -0.2) is 0 Å². The number of thioether (sulfide) groups is 1. The molecule has 0 aromatic rings. The Morgan fingerprint density at radius 1 is 1.14 bits per heavy atom. The van der Waals surface area contributed by atoms with E-state index in [9.17, 15) is 0 Å². The quantitative estimate of drug-likeness (QED) is 0.629. The van der Waals surface area contributed by atoms with E-state index in [4.69, 9.17) is 4.74 Å². The van der Waals surface area contributed by atoms with Crippen molar-refractivity contribution in [3.63, 3.8) is 0 Å². The molecule has 0 saturated carbocycles. The molecule has 2 aliphatic rings. The highest BCUT2D eigenvalue weighted by Gasteiger charge is 2.29. The molecule has 3 nitrogen and oxygen atoms in total. The molecule has 2 rings (SSSR count). The van der Waals surface area contributed by atoms with Crippen LogP contribution in [0, 0.1) is 0 Å². The molecular formula is C10H20N2OS. The van der Waals surface area contributed by atoms with Crippen LogP contribution < -0.4 is 0 Å². The van der Waals surface area contributed by atoms with Crippen molar-refractivity contribution in [2.75, 3.05) is 52.6 Å². The Morgan fingerprint density at radius 2 is 1.93 bits per heavy atom. The summed E-state index contributed by atoms with van der Waals surface area (Å²) in [4.78, 5) is 4.79. The third kappa shape index (κ3) is 2.63. The highest BCUT2D eigenvalue weighted by atomic mass is 32.2. The van der Waals surface area contributed by atoms with Crippen LogP contribution in [-0.4, -0.2) is 73.8 Å². The van der Waals surface area contributed by atoms with E-state index in [-0.39, 0.29) is 0 Å². The molecule has 4 heteroatoms. The zero-order chi connectivity index (χ0) is 9.97. The molecule has 2 aliphatic heterocycles. The van der Waals surface area contributed by atoms with Crippen molar-refractivity contribution < 1.29 is 4.74 Å². The Hall–Kier alpha value is 0.230. The molecular weight excluding hydrogens is 196 g/mol. The van der Waals surface area contributed by atoms with Crippen molar-refractivity contribution >= 4 is 11.8 Å². The lowest BCUT2D eigenvalue weighted by molar-refractivity contribution is -0.0234. The summed E-state index contributed by atoms with van der Waals surface area (Å²) < 4.78 is 5.85. The first kappa shape index (κ1) is 10.7. The first-order valence-corrected chi connectivity index (χ1v) is 6.41. The van der Waals surface area contributed by atoms with Gasteiger partial charge in [-0.3, -0.25) is 0 Å². The fourth-order valence-corrected chi connectivity index (χ4v) is 3.53. The van der Waals surface area contributed by atoms with Crippen LogP contribution >= 0.6 is 11.8 Å². The van der Waals surface area contributed by atoms with Crippen molar-refractivity contribution in [2.24, 2.45) is 0 Å². The molecule has 2 saturated heterocycles. The molecule has 0 spiro atoms. The number of nitrogens with zero attached hydrogens (tertiary/aromatic N) is 2. The zero-order valence-electron chi connectivity index (χ0n) is 9.11. The van der Waals surface area contributed by atoms with Crippen molar-refractivity contribution in [3.05, 3.63) is 0 Å². The van der Waals surface area contributed by atoms with Gasteiger partial charge < -0.3 is 14.5 Å². The Labute approximate surface area is 90.8 Å². The van der Waals surface area contributed by atoms with Gasteiger partial charge in [-0.15, -0.1) is 0 Å². The van der Waals surface area contributed by atoms with Crippen LogP contribution in [-0.2, 0) is 4.74 Å². The van der Waals surface area contributed by atoms with Gasteiger partial charge in [0.15, 0.2) is 0 Å². The van der Waals surface area contributed by atoms with Crippen molar-refractivity contribution in [1.82, 2.24) is 9.80 Å². The summed E-state index contributed by atoms with van der Waals surface area (Å²) in [7, 11) is 4.39. The summed E-state index contributed by atoms with van der Waals surface area (Å²) in [5, 5.41) is 0.677. The van der Waals surface area contributed by atoms with Crippen LogP contribution in [0.3, 0.4) is 0 Å². The van der Waals surface area contributed by atoms with Crippen molar-refractivity contribution in [1.29, 1.82) is 0 Å². The van der Waals surface area contributed by atoms with Gasteiger partial charge in [0.1, 0.15) is 0 Å². The maximum atomic E-state index is 5.85.